The summed E-state index contributed by atoms with van der Waals surface area (Å²) in [5.41, 5.74) is 3.97. The van der Waals surface area contributed by atoms with E-state index in [0.29, 0.717) is 0 Å². The van der Waals surface area contributed by atoms with Crippen LogP contribution < -0.4 is 0 Å². The van der Waals surface area contributed by atoms with Gasteiger partial charge in [0.1, 0.15) is 0 Å². The maximum absolute atomic E-state index is 5.54. The Morgan fingerprint density at radius 3 is 2.31 bits per heavy atom. The molecule has 1 aromatic carbocycles. The lowest BCUT2D eigenvalue weighted by Gasteiger charge is -2.18. The lowest BCUT2D eigenvalue weighted by Crippen LogP contribution is -2.12. The first-order valence-electron chi connectivity index (χ1n) is 5.96. The van der Waals surface area contributed by atoms with Crippen LogP contribution in [0.4, 0.5) is 0 Å². The largest absolute Gasteiger partial charge is 0.377 e. The number of hydrogen-bond acceptors (Lipinski definition) is 1. The van der Waals surface area contributed by atoms with Crippen LogP contribution in [0.2, 0.25) is 0 Å². The summed E-state index contributed by atoms with van der Waals surface area (Å²) in [7, 11) is 1.79. The highest BCUT2D eigenvalue weighted by Gasteiger charge is 2.11. The van der Waals surface area contributed by atoms with Gasteiger partial charge in [0.15, 0.2) is 0 Å². The molecule has 1 nitrogen and oxygen atoms in total. The molecule has 0 amide bonds. The fourth-order valence-electron chi connectivity index (χ4n) is 1.93. The van der Waals surface area contributed by atoms with Gasteiger partial charge in [-0.25, -0.2) is 0 Å². The molecule has 1 atom stereocenters. The first-order valence-corrected chi connectivity index (χ1v) is 5.96. The van der Waals surface area contributed by atoms with Crippen LogP contribution >= 0.6 is 0 Å². The molecule has 0 aliphatic heterocycles. The van der Waals surface area contributed by atoms with Crippen molar-refractivity contribution in [2.45, 2.75) is 39.7 Å². The molecule has 1 aromatic rings. The van der Waals surface area contributed by atoms with Gasteiger partial charge < -0.3 is 4.74 Å². The van der Waals surface area contributed by atoms with Crippen molar-refractivity contribution in [2.24, 2.45) is 0 Å². The van der Waals surface area contributed by atoms with Gasteiger partial charge in [-0.15, -0.1) is 0 Å². The minimum absolute atomic E-state index is 0.255. The van der Waals surface area contributed by atoms with Gasteiger partial charge in [-0.2, -0.15) is 0 Å². The molecule has 0 aliphatic rings. The van der Waals surface area contributed by atoms with Crippen LogP contribution in [0.25, 0.3) is 5.57 Å². The Balaban J connectivity index is 2.94. The van der Waals surface area contributed by atoms with E-state index in [9.17, 15) is 0 Å². The Labute approximate surface area is 99.1 Å². The van der Waals surface area contributed by atoms with Crippen molar-refractivity contribution < 1.29 is 4.74 Å². The Bertz CT molecular complexity index is 338. The van der Waals surface area contributed by atoms with Gasteiger partial charge in [0.25, 0.3) is 0 Å². The van der Waals surface area contributed by atoms with Gasteiger partial charge in [-0.1, -0.05) is 43.7 Å². The monoisotopic (exact) mass is 218 g/mol. The summed E-state index contributed by atoms with van der Waals surface area (Å²) < 4.78 is 5.54. The first-order chi connectivity index (χ1) is 7.70. The molecule has 16 heavy (non-hydrogen) atoms. The van der Waals surface area contributed by atoms with E-state index in [1.165, 1.54) is 16.7 Å². The van der Waals surface area contributed by atoms with Gasteiger partial charge in [0.05, 0.1) is 6.10 Å². The van der Waals surface area contributed by atoms with E-state index in [0.717, 1.165) is 12.8 Å². The van der Waals surface area contributed by atoms with Crippen molar-refractivity contribution in [3.63, 3.8) is 0 Å². The molecule has 0 aliphatic carbocycles. The lowest BCUT2D eigenvalue weighted by molar-refractivity contribution is 0.124. The first kappa shape index (κ1) is 13.0. The molecule has 0 fully saturated rings. The quantitative estimate of drug-likeness (QED) is 0.716. The molecule has 0 aromatic heterocycles. The fraction of sp³-hybridized carbons (Fsp3) is 0.467. The van der Waals surface area contributed by atoms with E-state index in [4.69, 9.17) is 4.74 Å². The van der Waals surface area contributed by atoms with Crippen LogP contribution in [0.15, 0.2) is 35.9 Å². The van der Waals surface area contributed by atoms with Crippen molar-refractivity contribution in [3.8, 4) is 0 Å². The number of benzene rings is 1. The summed E-state index contributed by atoms with van der Waals surface area (Å²) in [6, 6.07) is 10.5. The highest BCUT2D eigenvalue weighted by Crippen LogP contribution is 2.23. The molecular formula is C15H22O. The second kappa shape index (κ2) is 6.49. The fourth-order valence-corrected chi connectivity index (χ4v) is 1.93. The zero-order valence-corrected chi connectivity index (χ0v) is 10.8. The molecule has 0 spiro atoms. The summed E-state index contributed by atoms with van der Waals surface area (Å²) >= 11 is 0. The topological polar surface area (TPSA) is 9.23 Å². The maximum Gasteiger partial charge on any atom is 0.0784 e. The molecule has 1 rings (SSSR count). The number of hydrogen-bond donors (Lipinski definition) is 0. The number of ether oxygens (including phenoxy) is 1. The predicted octanol–water partition coefficient (Wildman–Crippen LogP) is 4.30. The van der Waals surface area contributed by atoms with Crippen molar-refractivity contribution in [2.75, 3.05) is 7.11 Å². The summed E-state index contributed by atoms with van der Waals surface area (Å²) in [5, 5.41) is 0. The predicted molar refractivity (Wildman–Crippen MR) is 70.4 cm³/mol. The SMILES string of the molecule is CCCC(OC)/C(C)=C(\C)c1ccccc1. The van der Waals surface area contributed by atoms with E-state index >= 15 is 0 Å². The van der Waals surface area contributed by atoms with E-state index in [2.05, 4.69) is 45.0 Å². The van der Waals surface area contributed by atoms with Crippen molar-refractivity contribution in [3.05, 3.63) is 41.5 Å². The molecule has 1 unspecified atom stereocenters. The number of rotatable bonds is 5. The Hall–Kier alpha value is -1.08. The van der Waals surface area contributed by atoms with E-state index in [1.54, 1.807) is 7.11 Å². The van der Waals surface area contributed by atoms with Crippen LogP contribution in [0.5, 0.6) is 0 Å². The van der Waals surface area contributed by atoms with Gasteiger partial charge in [0, 0.05) is 7.11 Å². The third-order valence-electron chi connectivity index (χ3n) is 3.12. The minimum atomic E-state index is 0.255. The second-order valence-electron chi connectivity index (χ2n) is 4.19. The average Bonchev–Trinajstić information content (AvgIpc) is 2.35. The zero-order chi connectivity index (χ0) is 12.0. The molecule has 0 saturated heterocycles. The Kier molecular flexibility index (Phi) is 5.27. The third kappa shape index (κ3) is 3.21. The zero-order valence-electron chi connectivity index (χ0n) is 10.8. The lowest BCUT2D eigenvalue weighted by atomic mass is 9.97. The smallest absolute Gasteiger partial charge is 0.0784 e. The van der Waals surface area contributed by atoms with Crippen molar-refractivity contribution in [1.82, 2.24) is 0 Å². The second-order valence-corrected chi connectivity index (χ2v) is 4.19. The molecule has 0 heterocycles. The normalized spacial score (nSPS) is 14.5. The van der Waals surface area contributed by atoms with Gasteiger partial charge in [-0.3, -0.25) is 0 Å². The van der Waals surface area contributed by atoms with Gasteiger partial charge >= 0.3 is 0 Å². The molecule has 0 radical (unpaired) electrons. The van der Waals surface area contributed by atoms with Gasteiger partial charge in [-0.05, 0) is 37.0 Å². The summed E-state index contributed by atoms with van der Waals surface area (Å²) in [5.74, 6) is 0. The molecule has 0 bridgehead atoms. The van der Waals surface area contributed by atoms with E-state index < -0.39 is 0 Å². The van der Waals surface area contributed by atoms with Crippen molar-refractivity contribution in [1.29, 1.82) is 0 Å². The molecule has 0 N–H and O–H groups in total. The highest BCUT2D eigenvalue weighted by molar-refractivity contribution is 5.67. The Morgan fingerprint density at radius 2 is 1.81 bits per heavy atom. The van der Waals surface area contributed by atoms with Crippen LogP contribution in [0, 0.1) is 0 Å². The van der Waals surface area contributed by atoms with Crippen molar-refractivity contribution >= 4 is 5.57 Å². The minimum Gasteiger partial charge on any atom is -0.377 e. The summed E-state index contributed by atoms with van der Waals surface area (Å²) in [6.45, 7) is 6.54. The molecular weight excluding hydrogens is 196 g/mol. The van der Waals surface area contributed by atoms with Gasteiger partial charge in [0.2, 0.25) is 0 Å². The highest BCUT2D eigenvalue weighted by atomic mass is 16.5. The van der Waals surface area contributed by atoms with Crippen LogP contribution in [0.1, 0.15) is 39.2 Å². The average molecular weight is 218 g/mol. The summed E-state index contributed by atoms with van der Waals surface area (Å²) in [6.07, 6.45) is 2.50. The molecule has 88 valence electrons. The van der Waals surface area contributed by atoms with Crippen LogP contribution in [-0.4, -0.2) is 13.2 Å². The molecule has 0 saturated carbocycles. The summed E-state index contributed by atoms with van der Waals surface area (Å²) in [4.78, 5) is 0. The van der Waals surface area contributed by atoms with E-state index in [-0.39, 0.29) is 6.10 Å². The Morgan fingerprint density at radius 1 is 1.19 bits per heavy atom. The van der Waals surface area contributed by atoms with E-state index in [1.807, 2.05) is 6.07 Å². The molecule has 1 heteroatoms. The number of methoxy groups -OCH3 is 1. The third-order valence-corrected chi connectivity index (χ3v) is 3.12. The van der Waals surface area contributed by atoms with Crippen LogP contribution in [0.3, 0.4) is 0 Å². The van der Waals surface area contributed by atoms with Crippen LogP contribution in [-0.2, 0) is 4.74 Å². The maximum atomic E-state index is 5.54. The standard InChI is InChI=1S/C15H22O/c1-5-9-15(16-4)13(3)12(2)14-10-7-6-8-11-14/h6-8,10-11,15H,5,9H2,1-4H3/b13-12+. The number of allylic oxidation sites excluding steroid dienone is 1.